The summed E-state index contributed by atoms with van der Waals surface area (Å²) in [6.45, 7) is 8.35. The Morgan fingerprint density at radius 1 is 1.11 bits per heavy atom. The molecule has 1 saturated heterocycles. The van der Waals surface area contributed by atoms with E-state index in [1.54, 1.807) is 0 Å². The Morgan fingerprint density at radius 3 is 2.56 bits per heavy atom. The van der Waals surface area contributed by atoms with Gasteiger partial charge in [-0.05, 0) is 36.2 Å². The normalized spacial score (nSPS) is 20.3. The highest BCUT2D eigenvalue weighted by molar-refractivity contribution is 5.94. The van der Waals surface area contributed by atoms with Crippen molar-refractivity contribution < 1.29 is 9.53 Å². The van der Waals surface area contributed by atoms with Crippen molar-refractivity contribution in [1.82, 2.24) is 5.32 Å². The molecular weight excluding hydrogens is 338 g/mol. The van der Waals surface area contributed by atoms with Crippen molar-refractivity contribution in [3.63, 3.8) is 0 Å². The number of nitrogens with zero attached hydrogens (tertiary/aromatic N) is 2. The number of ether oxygens (including phenoxy) is 1. The van der Waals surface area contributed by atoms with E-state index in [2.05, 4.69) is 47.5 Å². The maximum atomic E-state index is 12.8. The molecule has 4 rings (SSSR count). The van der Waals surface area contributed by atoms with E-state index in [0.29, 0.717) is 5.92 Å². The lowest BCUT2D eigenvalue weighted by Gasteiger charge is -2.29. The van der Waals surface area contributed by atoms with Gasteiger partial charge >= 0.3 is 6.03 Å². The van der Waals surface area contributed by atoms with Gasteiger partial charge in [-0.25, -0.2) is 4.79 Å². The number of carbonyl (C=O) groups excluding carboxylic acids is 1. The molecule has 27 heavy (non-hydrogen) atoms. The number of hydrogen-bond donors (Lipinski definition) is 1. The molecule has 1 N–H and O–H groups in total. The first kappa shape index (κ1) is 17.9. The van der Waals surface area contributed by atoms with Gasteiger partial charge < -0.3 is 15.0 Å². The number of nitrogens with one attached hydrogen (secondary N) is 1. The van der Waals surface area contributed by atoms with Crippen molar-refractivity contribution >= 4 is 17.4 Å². The van der Waals surface area contributed by atoms with E-state index in [1.807, 2.05) is 30.0 Å². The monoisotopic (exact) mass is 365 g/mol. The van der Waals surface area contributed by atoms with Gasteiger partial charge in [0.1, 0.15) is 0 Å². The van der Waals surface area contributed by atoms with Crippen molar-refractivity contribution in [3.8, 4) is 0 Å². The molecule has 0 radical (unpaired) electrons. The molecular formula is C22H27N3O2. The van der Waals surface area contributed by atoms with Gasteiger partial charge in [0.2, 0.25) is 0 Å². The van der Waals surface area contributed by atoms with Gasteiger partial charge in [-0.1, -0.05) is 37.3 Å². The van der Waals surface area contributed by atoms with E-state index in [1.165, 1.54) is 11.3 Å². The van der Waals surface area contributed by atoms with Gasteiger partial charge in [0.15, 0.2) is 0 Å². The molecule has 2 aromatic carbocycles. The molecule has 2 unspecified atom stereocenters. The number of urea groups is 1. The molecule has 2 heterocycles. The summed E-state index contributed by atoms with van der Waals surface area (Å²) >= 11 is 0. The molecule has 0 spiro atoms. The SMILES string of the molecule is CC1CN(C(=O)NC(C)c2ccc(N3CCOCC3)cc2)c2ccccc21. The van der Waals surface area contributed by atoms with E-state index >= 15 is 0 Å². The molecule has 0 aromatic heterocycles. The van der Waals surface area contributed by atoms with Crippen molar-refractivity contribution in [2.24, 2.45) is 0 Å². The minimum Gasteiger partial charge on any atom is -0.378 e. The number of rotatable bonds is 3. The minimum atomic E-state index is -0.0423. The standard InChI is InChI=1S/C22H27N3O2/c1-16-15-25(21-6-4-3-5-20(16)21)22(26)23-17(2)18-7-9-19(10-8-18)24-11-13-27-14-12-24/h3-10,16-17H,11-15H2,1-2H3,(H,23,26). The molecule has 0 saturated carbocycles. The van der Waals surface area contributed by atoms with E-state index in [-0.39, 0.29) is 12.1 Å². The Kier molecular flexibility index (Phi) is 5.03. The van der Waals surface area contributed by atoms with Crippen LogP contribution in [0.1, 0.15) is 36.9 Å². The molecule has 5 heteroatoms. The summed E-state index contributed by atoms with van der Waals surface area (Å²) in [5.74, 6) is 0.370. The van der Waals surface area contributed by atoms with Crippen LogP contribution in [0, 0.1) is 0 Å². The summed E-state index contributed by atoms with van der Waals surface area (Å²) in [7, 11) is 0. The molecule has 2 aliphatic heterocycles. The number of morpholine rings is 1. The molecule has 5 nitrogen and oxygen atoms in total. The van der Waals surface area contributed by atoms with Gasteiger partial charge in [0, 0.05) is 36.9 Å². The Bertz CT molecular complexity index is 799. The van der Waals surface area contributed by atoms with Crippen LogP contribution in [0.3, 0.4) is 0 Å². The average molecular weight is 365 g/mol. The summed E-state index contributed by atoms with van der Waals surface area (Å²) in [5.41, 5.74) is 4.59. The summed E-state index contributed by atoms with van der Waals surface area (Å²) in [6.07, 6.45) is 0. The zero-order chi connectivity index (χ0) is 18.8. The van der Waals surface area contributed by atoms with Crippen LogP contribution in [-0.4, -0.2) is 38.9 Å². The highest BCUT2D eigenvalue weighted by Gasteiger charge is 2.30. The second-order valence-electron chi connectivity index (χ2n) is 7.43. The zero-order valence-electron chi connectivity index (χ0n) is 16.0. The lowest BCUT2D eigenvalue weighted by Crippen LogP contribution is -2.40. The van der Waals surface area contributed by atoms with Gasteiger partial charge in [-0.2, -0.15) is 0 Å². The molecule has 0 bridgehead atoms. The zero-order valence-corrected chi connectivity index (χ0v) is 16.0. The third-order valence-corrected chi connectivity index (χ3v) is 5.57. The lowest BCUT2D eigenvalue weighted by molar-refractivity contribution is 0.122. The van der Waals surface area contributed by atoms with Crippen molar-refractivity contribution in [2.45, 2.75) is 25.8 Å². The van der Waals surface area contributed by atoms with Crippen LogP contribution >= 0.6 is 0 Å². The van der Waals surface area contributed by atoms with Gasteiger partial charge in [-0.15, -0.1) is 0 Å². The van der Waals surface area contributed by atoms with Crippen LogP contribution in [0.5, 0.6) is 0 Å². The highest BCUT2D eigenvalue weighted by atomic mass is 16.5. The van der Waals surface area contributed by atoms with Crippen LogP contribution < -0.4 is 15.1 Å². The Labute approximate surface area is 160 Å². The van der Waals surface area contributed by atoms with Gasteiger partial charge in [0.25, 0.3) is 0 Å². The van der Waals surface area contributed by atoms with Crippen molar-refractivity contribution in [2.75, 3.05) is 42.6 Å². The number of para-hydroxylation sites is 1. The molecule has 2 amide bonds. The number of benzene rings is 2. The molecule has 2 aliphatic rings. The largest absolute Gasteiger partial charge is 0.378 e. The smallest absolute Gasteiger partial charge is 0.322 e. The van der Waals surface area contributed by atoms with Gasteiger partial charge in [0.05, 0.1) is 19.3 Å². The van der Waals surface area contributed by atoms with Crippen molar-refractivity contribution in [3.05, 3.63) is 59.7 Å². The second kappa shape index (κ2) is 7.61. The third-order valence-electron chi connectivity index (χ3n) is 5.57. The predicted molar refractivity (Wildman–Crippen MR) is 109 cm³/mol. The summed E-state index contributed by atoms with van der Waals surface area (Å²) in [5, 5.41) is 3.15. The van der Waals surface area contributed by atoms with Crippen LogP contribution in [0.15, 0.2) is 48.5 Å². The fraction of sp³-hybridized carbons (Fsp3) is 0.409. The van der Waals surface area contributed by atoms with Crippen LogP contribution in [-0.2, 0) is 4.74 Å². The lowest BCUT2D eigenvalue weighted by atomic mass is 10.0. The van der Waals surface area contributed by atoms with E-state index < -0.39 is 0 Å². The number of hydrogen-bond acceptors (Lipinski definition) is 3. The Hall–Kier alpha value is -2.53. The molecule has 2 aromatic rings. The Balaban J connectivity index is 1.42. The summed E-state index contributed by atoms with van der Waals surface area (Å²) in [6, 6.07) is 16.6. The maximum Gasteiger partial charge on any atom is 0.322 e. The van der Waals surface area contributed by atoms with Crippen LogP contribution in [0.2, 0.25) is 0 Å². The van der Waals surface area contributed by atoms with E-state index in [9.17, 15) is 4.79 Å². The second-order valence-corrected chi connectivity index (χ2v) is 7.43. The van der Waals surface area contributed by atoms with Crippen molar-refractivity contribution in [1.29, 1.82) is 0 Å². The average Bonchev–Trinajstić information content (AvgIpc) is 3.06. The molecule has 2 atom stereocenters. The number of fused-ring (bicyclic) bond motifs is 1. The summed E-state index contributed by atoms with van der Waals surface area (Å²) < 4.78 is 5.41. The highest BCUT2D eigenvalue weighted by Crippen LogP contribution is 2.35. The molecule has 0 aliphatic carbocycles. The third kappa shape index (κ3) is 3.65. The maximum absolute atomic E-state index is 12.8. The number of amides is 2. The Morgan fingerprint density at radius 2 is 1.81 bits per heavy atom. The first-order chi connectivity index (χ1) is 13.1. The fourth-order valence-electron chi connectivity index (χ4n) is 3.95. The van der Waals surface area contributed by atoms with Crippen LogP contribution in [0.4, 0.5) is 16.2 Å². The molecule has 142 valence electrons. The van der Waals surface area contributed by atoms with E-state index in [4.69, 9.17) is 4.74 Å². The van der Waals surface area contributed by atoms with E-state index in [0.717, 1.165) is 44.1 Å². The topological polar surface area (TPSA) is 44.8 Å². The fourth-order valence-corrected chi connectivity index (χ4v) is 3.95. The quantitative estimate of drug-likeness (QED) is 0.897. The van der Waals surface area contributed by atoms with Gasteiger partial charge in [-0.3, -0.25) is 4.90 Å². The molecule has 1 fully saturated rings. The van der Waals surface area contributed by atoms with Crippen LogP contribution in [0.25, 0.3) is 0 Å². The summed E-state index contributed by atoms with van der Waals surface area (Å²) in [4.78, 5) is 17.0. The first-order valence-corrected chi connectivity index (χ1v) is 9.73. The minimum absolute atomic E-state index is 0.0310. The number of carbonyl (C=O) groups is 1. The number of anilines is 2. The first-order valence-electron chi connectivity index (χ1n) is 9.73. The predicted octanol–water partition coefficient (Wildman–Crippen LogP) is 3.92.